The van der Waals surface area contributed by atoms with Gasteiger partial charge in [0, 0.05) is 12.6 Å². The van der Waals surface area contributed by atoms with E-state index in [0.29, 0.717) is 18.1 Å². The molecule has 0 N–H and O–H groups in total. The van der Waals surface area contributed by atoms with E-state index in [2.05, 4.69) is 17.0 Å². The Labute approximate surface area is 164 Å². The number of nitrogens with zero attached hydrogens (tertiary/aromatic N) is 4. The number of hydrogen-bond acceptors (Lipinski definition) is 6. The Balaban J connectivity index is 1.61. The molecule has 146 valence electrons. The molecule has 0 spiro atoms. The summed E-state index contributed by atoms with van der Waals surface area (Å²) in [5.74, 6) is 0.406. The SMILES string of the molecule is CCCCN(C(=O)CSc1ncn(-c2ccccc2)n1)C1CCS(=O)(=O)C1. The van der Waals surface area contributed by atoms with Crippen molar-refractivity contribution in [2.75, 3.05) is 23.8 Å². The highest BCUT2D eigenvalue weighted by molar-refractivity contribution is 7.99. The van der Waals surface area contributed by atoms with Crippen LogP contribution in [-0.2, 0) is 14.6 Å². The standard InChI is InChI=1S/C18H24N4O3S2/c1-2-3-10-21(16-9-11-27(24,25)13-16)17(23)12-26-18-19-14-22(20-18)15-7-5-4-6-8-15/h4-8,14,16H,2-3,9-13H2,1H3. The largest absolute Gasteiger partial charge is 0.338 e. The molecule has 1 aliphatic rings. The van der Waals surface area contributed by atoms with E-state index in [9.17, 15) is 13.2 Å². The van der Waals surface area contributed by atoms with Crippen LogP contribution in [0.3, 0.4) is 0 Å². The number of thioether (sulfide) groups is 1. The number of rotatable bonds is 8. The van der Waals surface area contributed by atoms with Crippen molar-refractivity contribution in [3.05, 3.63) is 36.7 Å². The van der Waals surface area contributed by atoms with Gasteiger partial charge in [0.05, 0.1) is 22.9 Å². The maximum Gasteiger partial charge on any atom is 0.233 e. The predicted molar refractivity (Wildman–Crippen MR) is 106 cm³/mol. The van der Waals surface area contributed by atoms with E-state index in [-0.39, 0.29) is 29.2 Å². The average Bonchev–Trinajstić information content (AvgIpc) is 3.27. The number of hydrogen-bond donors (Lipinski definition) is 0. The van der Waals surface area contributed by atoms with E-state index < -0.39 is 9.84 Å². The second-order valence-corrected chi connectivity index (χ2v) is 9.76. The molecule has 0 aliphatic carbocycles. The first-order chi connectivity index (χ1) is 13.0. The monoisotopic (exact) mass is 408 g/mol. The van der Waals surface area contributed by atoms with Crippen molar-refractivity contribution < 1.29 is 13.2 Å². The third-order valence-corrected chi connectivity index (χ3v) is 7.13. The van der Waals surface area contributed by atoms with Crippen LogP contribution in [0.2, 0.25) is 0 Å². The molecule has 7 nitrogen and oxygen atoms in total. The number of benzene rings is 1. The number of sulfone groups is 1. The molecule has 2 heterocycles. The van der Waals surface area contributed by atoms with Crippen LogP contribution in [0.5, 0.6) is 0 Å². The highest BCUT2D eigenvalue weighted by Crippen LogP contribution is 2.21. The van der Waals surface area contributed by atoms with Crippen LogP contribution in [0, 0.1) is 0 Å². The number of para-hydroxylation sites is 1. The van der Waals surface area contributed by atoms with Gasteiger partial charge in [-0.1, -0.05) is 43.3 Å². The lowest BCUT2D eigenvalue weighted by Gasteiger charge is -2.28. The summed E-state index contributed by atoms with van der Waals surface area (Å²) in [6.07, 6.45) is 3.98. The Morgan fingerprint density at radius 1 is 1.33 bits per heavy atom. The van der Waals surface area contributed by atoms with Crippen molar-refractivity contribution in [3.63, 3.8) is 0 Å². The molecule has 1 amide bonds. The normalized spacial score (nSPS) is 18.5. The van der Waals surface area contributed by atoms with Crippen molar-refractivity contribution in [3.8, 4) is 5.69 Å². The van der Waals surface area contributed by atoms with Crippen LogP contribution in [0.4, 0.5) is 0 Å². The lowest BCUT2D eigenvalue weighted by atomic mass is 10.2. The number of amides is 1. The van der Waals surface area contributed by atoms with Crippen LogP contribution < -0.4 is 0 Å². The van der Waals surface area contributed by atoms with Gasteiger partial charge in [-0.25, -0.2) is 18.1 Å². The van der Waals surface area contributed by atoms with Gasteiger partial charge in [0.25, 0.3) is 0 Å². The number of aromatic nitrogens is 3. The van der Waals surface area contributed by atoms with Gasteiger partial charge in [0.15, 0.2) is 9.84 Å². The van der Waals surface area contributed by atoms with E-state index in [0.717, 1.165) is 18.5 Å². The molecule has 2 aromatic rings. The van der Waals surface area contributed by atoms with Crippen LogP contribution >= 0.6 is 11.8 Å². The molecule has 1 atom stereocenters. The predicted octanol–water partition coefficient (Wildman–Crippen LogP) is 2.18. The molecular weight excluding hydrogens is 384 g/mol. The molecule has 27 heavy (non-hydrogen) atoms. The van der Waals surface area contributed by atoms with E-state index in [4.69, 9.17) is 0 Å². The molecule has 0 bridgehead atoms. The summed E-state index contributed by atoms with van der Waals surface area (Å²) in [4.78, 5) is 18.7. The van der Waals surface area contributed by atoms with Crippen molar-refractivity contribution in [1.82, 2.24) is 19.7 Å². The van der Waals surface area contributed by atoms with Crippen molar-refractivity contribution in [2.24, 2.45) is 0 Å². The first kappa shape index (κ1) is 19.9. The van der Waals surface area contributed by atoms with E-state index in [1.807, 2.05) is 30.3 Å². The minimum atomic E-state index is -3.02. The van der Waals surface area contributed by atoms with Gasteiger partial charge in [-0.05, 0) is 25.0 Å². The molecule has 0 radical (unpaired) electrons. The van der Waals surface area contributed by atoms with Gasteiger partial charge < -0.3 is 4.90 Å². The molecule has 3 rings (SSSR count). The first-order valence-electron chi connectivity index (χ1n) is 9.08. The summed E-state index contributed by atoms with van der Waals surface area (Å²) in [7, 11) is -3.02. The topological polar surface area (TPSA) is 85.2 Å². The highest BCUT2D eigenvalue weighted by Gasteiger charge is 2.34. The van der Waals surface area contributed by atoms with Gasteiger partial charge in [0.2, 0.25) is 11.1 Å². The van der Waals surface area contributed by atoms with E-state index in [1.165, 1.54) is 11.8 Å². The molecule has 0 saturated carbocycles. The summed E-state index contributed by atoms with van der Waals surface area (Å²) in [5.41, 5.74) is 0.906. The molecule has 1 saturated heterocycles. The Morgan fingerprint density at radius 3 is 2.78 bits per heavy atom. The quantitative estimate of drug-likeness (QED) is 0.623. The average molecular weight is 409 g/mol. The van der Waals surface area contributed by atoms with Gasteiger partial charge in [-0.15, -0.1) is 5.10 Å². The molecule has 9 heteroatoms. The van der Waals surface area contributed by atoms with Crippen LogP contribution in [0.1, 0.15) is 26.2 Å². The zero-order chi connectivity index (χ0) is 19.3. The molecular formula is C18H24N4O3S2. The smallest absolute Gasteiger partial charge is 0.233 e. The summed E-state index contributed by atoms with van der Waals surface area (Å²) in [6, 6.07) is 9.44. The Hall–Kier alpha value is -1.87. The summed E-state index contributed by atoms with van der Waals surface area (Å²) >= 11 is 1.28. The van der Waals surface area contributed by atoms with Crippen LogP contribution in [-0.4, -0.2) is 63.8 Å². The highest BCUT2D eigenvalue weighted by atomic mass is 32.2. The molecule has 1 aromatic carbocycles. The van der Waals surface area contributed by atoms with Gasteiger partial charge in [-0.3, -0.25) is 4.79 Å². The third-order valence-electron chi connectivity index (χ3n) is 4.54. The van der Waals surface area contributed by atoms with Gasteiger partial charge in [0.1, 0.15) is 6.33 Å². The zero-order valence-corrected chi connectivity index (χ0v) is 17.0. The molecule has 1 aliphatic heterocycles. The minimum Gasteiger partial charge on any atom is -0.338 e. The molecule has 1 fully saturated rings. The lowest BCUT2D eigenvalue weighted by molar-refractivity contribution is -0.130. The fraction of sp³-hybridized carbons (Fsp3) is 0.500. The van der Waals surface area contributed by atoms with Gasteiger partial charge in [-0.2, -0.15) is 0 Å². The van der Waals surface area contributed by atoms with Crippen molar-refractivity contribution >= 4 is 27.5 Å². The summed E-state index contributed by atoms with van der Waals surface area (Å²) < 4.78 is 25.3. The molecule has 1 unspecified atom stereocenters. The maximum absolute atomic E-state index is 12.7. The minimum absolute atomic E-state index is 0.0494. The fourth-order valence-corrected chi connectivity index (χ4v) is 5.51. The number of carbonyl (C=O) groups excluding carboxylic acids is 1. The lowest BCUT2D eigenvalue weighted by Crippen LogP contribution is -2.42. The second kappa shape index (κ2) is 8.88. The van der Waals surface area contributed by atoms with Crippen LogP contribution in [0.15, 0.2) is 41.8 Å². The number of carbonyl (C=O) groups is 1. The van der Waals surface area contributed by atoms with Crippen molar-refractivity contribution in [2.45, 2.75) is 37.4 Å². The third kappa shape index (κ3) is 5.32. The van der Waals surface area contributed by atoms with E-state index in [1.54, 1.807) is 15.9 Å². The Kier molecular flexibility index (Phi) is 6.54. The number of unbranched alkanes of at least 4 members (excludes halogenated alkanes) is 1. The molecule has 1 aromatic heterocycles. The summed E-state index contributed by atoms with van der Waals surface area (Å²) in [6.45, 7) is 2.66. The summed E-state index contributed by atoms with van der Waals surface area (Å²) in [5, 5.41) is 4.93. The van der Waals surface area contributed by atoms with Crippen LogP contribution in [0.25, 0.3) is 5.69 Å². The van der Waals surface area contributed by atoms with Gasteiger partial charge >= 0.3 is 0 Å². The van der Waals surface area contributed by atoms with E-state index >= 15 is 0 Å². The Morgan fingerprint density at radius 2 is 2.11 bits per heavy atom. The second-order valence-electron chi connectivity index (χ2n) is 6.59. The first-order valence-corrected chi connectivity index (χ1v) is 11.9. The zero-order valence-electron chi connectivity index (χ0n) is 15.3. The Bertz CT molecular complexity index is 868. The maximum atomic E-state index is 12.7. The fourth-order valence-electron chi connectivity index (χ4n) is 3.09. The van der Waals surface area contributed by atoms with Crippen molar-refractivity contribution in [1.29, 1.82) is 0 Å².